The van der Waals surface area contributed by atoms with Crippen LogP contribution in [0.5, 0.6) is 0 Å². The Bertz CT molecular complexity index is 203. The minimum Gasteiger partial charge on any atom is -0.351 e. The second-order valence-electron chi connectivity index (χ2n) is 6.11. The zero-order valence-corrected chi connectivity index (χ0v) is 12.5. The molecular weight excluding hydrogens is 222 g/mol. The molecular formula is C16H33NO. The molecule has 0 saturated carbocycles. The molecule has 1 saturated heterocycles. The fourth-order valence-corrected chi connectivity index (χ4v) is 2.61. The zero-order valence-electron chi connectivity index (χ0n) is 12.5. The van der Waals surface area contributed by atoms with E-state index in [0.717, 1.165) is 6.42 Å². The monoisotopic (exact) mass is 255 g/mol. The molecule has 2 atom stereocenters. The van der Waals surface area contributed by atoms with E-state index in [9.17, 15) is 0 Å². The van der Waals surface area contributed by atoms with Crippen LogP contribution < -0.4 is 5.73 Å². The Labute approximate surface area is 114 Å². The molecule has 2 heteroatoms. The molecule has 0 spiro atoms. The summed E-state index contributed by atoms with van der Waals surface area (Å²) in [6.45, 7) is 4.26. The Balaban J connectivity index is 1.69. The van der Waals surface area contributed by atoms with Crippen LogP contribution in [0.25, 0.3) is 0 Å². The summed E-state index contributed by atoms with van der Waals surface area (Å²) in [4.78, 5) is 0. The first-order chi connectivity index (χ1) is 8.67. The van der Waals surface area contributed by atoms with Gasteiger partial charge in [0.1, 0.15) is 11.8 Å². The molecule has 0 aliphatic carbocycles. The van der Waals surface area contributed by atoms with Crippen LogP contribution in [0.4, 0.5) is 0 Å². The third-order valence-corrected chi connectivity index (χ3v) is 4.05. The van der Waals surface area contributed by atoms with Crippen LogP contribution in [0.2, 0.25) is 0 Å². The van der Waals surface area contributed by atoms with E-state index in [2.05, 4.69) is 6.92 Å². The number of epoxide rings is 1. The molecule has 1 aliphatic rings. The number of hydrogen-bond acceptors (Lipinski definition) is 2. The first-order valence-electron chi connectivity index (χ1n) is 8.13. The third-order valence-electron chi connectivity index (χ3n) is 4.05. The summed E-state index contributed by atoms with van der Waals surface area (Å²) in [5.74, 6) is 0. The van der Waals surface area contributed by atoms with Gasteiger partial charge in [-0.25, -0.2) is 0 Å². The van der Waals surface area contributed by atoms with E-state index in [1.807, 2.05) is 6.92 Å². The molecule has 2 nitrogen and oxygen atoms in total. The van der Waals surface area contributed by atoms with Crippen LogP contribution >= 0.6 is 0 Å². The lowest BCUT2D eigenvalue weighted by Crippen LogP contribution is -2.22. The van der Waals surface area contributed by atoms with Crippen molar-refractivity contribution >= 4 is 0 Å². The van der Waals surface area contributed by atoms with Crippen LogP contribution in [0.3, 0.4) is 0 Å². The van der Waals surface area contributed by atoms with Crippen molar-refractivity contribution in [1.29, 1.82) is 0 Å². The molecule has 0 radical (unpaired) electrons. The van der Waals surface area contributed by atoms with Crippen LogP contribution in [0.1, 0.15) is 90.9 Å². The van der Waals surface area contributed by atoms with E-state index in [1.54, 1.807) is 0 Å². The van der Waals surface area contributed by atoms with Gasteiger partial charge in [-0.1, -0.05) is 77.6 Å². The molecule has 1 fully saturated rings. The van der Waals surface area contributed by atoms with Gasteiger partial charge in [-0.05, 0) is 13.3 Å². The van der Waals surface area contributed by atoms with Crippen molar-refractivity contribution in [1.82, 2.24) is 0 Å². The van der Waals surface area contributed by atoms with E-state index in [4.69, 9.17) is 10.5 Å². The van der Waals surface area contributed by atoms with Crippen molar-refractivity contribution in [3.63, 3.8) is 0 Å². The zero-order chi connectivity index (χ0) is 13.3. The summed E-state index contributed by atoms with van der Waals surface area (Å²) in [6.07, 6.45) is 16.9. The molecule has 0 aromatic carbocycles. The quantitative estimate of drug-likeness (QED) is 0.403. The highest BCUT2D eigenvalue weighted by Gasteiger charge is 2.47. The van der Waals surface area contributed by atoms with Gasteiger partial charge < -0.3 is 10.5 Å². The highest BCUT2D eigenvalue weighted by atomic mass is 16.6. The summed E-state index contributed by atoms with van der Waals surface area (Å²) >= 11 is 0. The van der Waals surface area contributed by atoms with Gasteiger partial charge in [-0.15, -0.1) is 0 Å². The molecule has 2 N–H and O–H groups in total. The molecule has 2 unspecified atom stereocenters. The second kappa shape index (κ2) is 8.92. The van der Waals surface area contributed by atoms with Gasteiger partial charge in [0, 0.05) is 0 Å². The number of nitrogens with two attached hydrogens (primary N) is 1. The van der Waals surface area contributed by atoms with Crippen molar-refractivity contribution in [2.75, 3.05) is 0 Å². The Morgan fingerprint density at radius 1 is 0.833 bits per heavy atom. The maximum absolute atomic E-state index is 5.82. The van der Waals surface area contributed by atoms with Gasteiger partial charge in [0.2, 0.25) is 0 Å². The minimum absolute atomic E-state index is 0.293. The van der Waals surface area contributed by atoms with Gasteiger partial charge in [0.05, 0.1) is 0 Å². The van der Waals surface area contributed by atoms with Gasteiger partial charge in [0.15, 0.2) is 0 Å². The predicted octanol–water partition coefficient (Wildman–Crippen LogP) is 4.76. The van der Waals surface area contributed by atoms with Gasteiger partial charge in [0.25, 0.3) is 0 Å². The Kier molecular flexibility index (Phi) is 7.92. The molecule has 1 heterocycles. The lowest BCUT2D eigenvalue weighted by Gasteiger charge is -2.02. The predicted molar refractivity (Wildman–Crippen MR) is 78.5 cm³/mol. The summed E-state index contributed by atoms with van der Waals surface area (Å²) in [5, 5.41) is 0. The number of unbranched alkanes of at least 4 members (excludes halogenated alkanes) is 10. The Morgan fingerprint density at radius 2 is 1.22 bits per heavy atom. The normalized spacial score (nSPS) is 26.5. The van der Waals surface area contributed by atoms with Crippen LogP contribution in [-0.4, -0.2) is 11.8 Å². The first kappa shape index (κ1) is 16.0. The van der Waals surface area contributed by atoms with Crippen molar-refractivity contribution in [2.45, 2.75) is 103 Å². The fraction of sp³-hybridized carbons (Fsp3) is 1.00. The molecule has 1 aliphatic heterocycles. The molecule has 0 aromatic rings. The maximum Gasteiger partial charge on any atom is 0.140 e. The van der Waals surface area contributed by atoms with Crippen molar-refractivity contribution < 1.29 is 4.74 Å². The van der Waals surface area contributed by atoms with Crippen molar-refractivity contribution in [3.8, 4) is 0 Å². The molecule has 0 aromatic heterocycles. The van der Waals surface area contributed by atoms with E-state index in [-0.39, 0.29) is 5.72 Å². The van der Waals surface area contributed by atoms with Crippen molar-refractivity contribution in [3.05, 3.63) is 0 Å². The van der Waals surface area contributed by atoms with Crippen LogP contribution in [0.15, 0.2) is 0 Å². The maximum atomic E-state index is 5.82. The smallest absolute Gasteiger partial charge is 0.140 e. The average Bonchev–Trinajstić information content (AvgIpc) is 2.94. The summed E-state index contributed by atoms with van der Waals surface area (Å²) < 4.78 is 5.37. The second-order valence-corrected chi connectivity index (χ2v) is 6.11. The highest BCUT2D eigenvalue weighted by Crippen LogP contribution is 2.34. The third kappa shape index (κ3) is 7.38. The van der Waals surface area contributed by atoms with Gasteiger partial charge in [-0.2, -0.15) is 0 Å². The van der Waals surface area contributed by atoms with Gasteiger partial charge in [-0.3, -0.25) is 0 Å². The average molecular weight is 255 g/mol. The molecule has 0 amide bonds. The summed E-state index contributed by atoms with van der Waals surface area (Å²) in [6, 6.07) is 0. The van der Waals surface area contributed by atoms with Crippen LogP contribution in [0, 0.1) is 0 Å². The summed E-state index contributed by atoms with van der Waals surface area (Å²) in [7, 11) is 0. The SMILES string of the molecule is CCCCCCCCCCCCCC1OC1(C)N. The standard InChI is InChI=1S/C16H33NO/c1-3-4-5-6-7-8-9-10-11-12-13-14-15-16(2,17)18-15/h15H,3-14,17H2,1-2H3. The lowest BCUT2D eigenvalue weighted by atomic mass is 10.0. The molecule has 18 heavy (non-hydrogen) atoms. The van der Waals surface area contributed by atoms with E-state index in [0.29, 0.717) is 6.10 Å². The Hall–Kier alpha value is -0.0800. The fourth-order valence-electron chi connectivity index (χ4n) is 2.61. The number of ether oxygens (including phenoxy) is 1. The van der Waals surface area contributed by atoms with E-state index >= 15 is 0 Å². The molecule has 1 rings (SSSR count). The largest absolute Gasteiger partial charge is 0.351 e. The summed E-state index contributed by atoms with van der Waals surface area (Å²) in [5.41, 5.74) is 5.52. The molecule has 108 valence electrons. The van der Waals surface area contributed by atoms with E-state index in [1.165, 1.54) is 70.6 Å². The van der Waals surface area contributed by atoms with Gasteiger partial charge >= 0.3 is 0 Å². The lowest BCUT2D eigenvalue weighted by molar-refractivity contribution is 0.309. The highest BCUT2D eigenvalue weighted by molar-refractivity contribution is 4.92. The number of hydrogen-bond donors (Lipinski definition) is 1. The number of rotatable bonds is 12. The van der Waals surface area contributed by atoms with Crippen molar-refractivity contribution in [2.24, 2.45) is 5.73 Å². The minimum atomic E-state index is -0.293. The topological polar surface area (TPSA) is 38.5 Å². The van der Waals surface area contributed by atoms with Crippen LogP contribution in [-0.2, 0) is 4.74 Å². The molecule has 0 bridgehead atoms. The first-order valence-corrected chi connectivity index (χ1v) is 8.13. The Morgan fingerprint density at radius 3 is 1.61 bits per heavy atom. The van der Waals surface area contributed by atoms with E-state index < -0.39 is 0 Å².